The molecule has 0 aliphatic carbocycles. The molecule has 0 saturated heterocycles. The van der Waals surface area contributed by atoms with E-state index in [4.69, 9.17) is 0 Å². The molecule has 0 aromatic heterocycles. The maximum absolute atomic E-state index is 0. The second-order valence-corrected chi connectivity index (χ2v) is 0. The summed E-state index contributed by atoms with van der Waals surface area (Å²) < 4.78 is 0. The number of rotatable bonds is 0. The summed E-state index contributed by atoms with van der Waals surface area (Å²) in [7, 11) is 0. The van der Waals surface area contributed by atoms with Gasteiger partial charge in [-0.25, -0.2) is 0 Å². The molecule has 0 aromatic carbocycles. The van der Waals surface area contributed by atoms with Gasteiger partial charge >= 0.3 is 0 Å². The van der Waals surface area contributed by atoms with E-state index in [0.717, 1.165) is 0 Å². The van der Waals surface area contributed by atoms with Crippen LogP contribution in [0.25, 0.3) is 0 Å². The van der Waals surface area contributed by atoms with Gasteiger partial charge in [0.2, 0.25) is 0 Å². The van der Waals surface area contributed by atoms with E-state index in [1.807, 2.05) is 0 Å². The summed E-state index contributed by atoms with van der Waals surface area (Å²) in [6, 6.07) is 0. The molecule has 0 fully saturated rings. The van der Waals surface area contributed by atoms with Gasteiger partial charge in [0.05, 0.1) is 0 Å². The van der Waals surface area contributed by atoms with Crippen LogP contribution in [0.3, 0.4) is 0 Å². The van der Waals surface area contributed by atoms with Crippen molar-refractivity contribution in [3.63, 3.8) is 0 Å². The number of nitrogens with zero attached hydrogens (tertiary/aromatic N) is 1. The minimum atomic E-state index is 0. The van der Waals surface area contributed by atoms with Crippen LogP contribution in [-0.2, 0) is 66.5 Å². The first-order valence-corrected chi connectivity index (χ1v) is 0. The fourth-order valence-corrected chi connectivity index (χ4v) is 0. The molecule has 0 N–H and O–H groups in total. The number of hydrogen-bond acceptors (Lipinski definition) is 0. The summed E-state index contributed by atoms with van der Waals surface area (Å²) in [6.07, 6.45) is 0. The minimum Gasteiger partial charge on any atom is 0 e. The van der Waals surface area contributed by atoms with Crippen molar-refractivity contribution in [2.75, 3.05) is 0 Å². The van der Waals surface area contributed by atoms with Gasteiger partial charge in [0, 0.05) is 72.6 Å². The summed E-state index contributed by atoms with van der Waals surface area (Å²) >= 11 is 0. The maximum atomic E-state index is 0. The molecule has 0 aromatic rings. The Balaban J connectivity index is 0. The van der Waals surface area contributed by atoms with Crippen molar-refractivity contribution in [3.8, 4) is 0 Å². The summed E-state index contributed by atoms with van der Waals surface area (Å²) in [5.74, 6) is 0. The van der Waals surface area contributed by atoms with Crippen molar-refractivity contribution in [1.82, 2.24) is 6.15 Å². The van der Waals surface area contributed by atoms with E-state index in [-0.39, 0.29) is 72.6 Å². The van der Waals surface area contributed by atoms with Gasteiger partial charge in [-0.3, -0.25) is 0 Å². The Morgan fingerprint density at radius 2 is 1.00 bits per heavy atom. The van der Waals surface area contributed by atoms with Crippen molar-refractivity contribution in [3.05, 3.63) is 0 Å². The van der Waals surface area contributed by atoms with E-state index in [9.17, 15) is 0 Å². The molecule has 0 spiro atoms. The van der Waals surface area contributed by atoms with Gasteiger partial charge in [-0.15, -0.1) is 0 Å². The summed E-state index contributed by atoms with van der Waals surface area (Å²) in [5, 5.41) is 0. The third-order valence-electron chi connectivity index (χ3n) is 0. The molecular formula is NTiVZr. The molecule has 0 bridgehead atoms. The van der Waals surface area contributed by atoms with E-state index in [1.165, 1.54) is 0 Å². The Morgan fingerprint density at radius 1 is 1.00 bits per heavy atom. The Labute approximate surface area is 71.8 Å². The predicted molar refractivity (Wildman–Crippen MR) is 2.13 cm³/mol. The van der Waals surface area contributed by atoms with Gasteiger partial charge in [0.25, 0.3) is 0 Å². The molecule has 0 heterocycles. The van der Waals surface area contributed by atoms with Gasteiger partial charge in [-0.1, -0.05) is 0 Å². The molecule has 4 heteroatoms. The Kier molecular flexibility index (Phi) is 170. The standard InChI is InChI=1S/N.Ti.V.Zr. The van der Waals surface area contributed by atoms with Gasteiger partial charge in [-0.05, 0) is 0 Å². The van der Waals surface area contributed by atoms with Gasteiger partial charge in [0.15, 0.2) is 0 Å². The van der Waals surface area contributed by atoms with Crippen LogP contribution < -0.4 is 6.15 Å². The van der Waals surface area contributed by atoms with Crippen LogP contribution in [0.1, 0.15) is 0 Å². The van der Waals surface area contributed by atoms with Crippen LogP contribution in [0.4, 0.5) is 0 Å². The van der Waals surface area contributed by atoms with E-state index in [2.05, 4.69) is 0 Å². The van der Waals surface area contributed by atoms with E-state index in [1.54, 1.807) is 0 Å². The third-order valence-corrected chi connectivity index (χ3v) is 0. The molecule has 0 rings (SSSR count). The molecular weight excluding hydrogens is 204 g/mol. The van der Waals surface area contributed by atoms with Crippen molar-refractivity contribution >= 4 is 0 Å². The first-order chi connectivity index (χ1) is 0. The number of hydrogen-bond donors (Lipinski definition) is 0. The zero-order valence-electron chi connectivity index (χ0n) is 1.89. The molecule has 4 heavy (non-hydrogen) atoms. The van der Waals surface area contributed by atoms with Crippen molar-refractivity contribution in [2.24, 2.45) is 0 Å². The van der Waals surface area contributed by atoms with Crippen molar-refractivity contribution in [2.45, 2.75) is 0 Å². The Bertz CT molecular complexity index is 8.00. The molecule has 0 unspecified atom stereocenters. The fourth-order valence-electron chi connectivity index (χ4n) is 0. The minimum absolute atomic E-state index is 0. The molecule has 0 saturated carbocycles. The molecule has 4 radical (unpaired) electrons. The first kappa shape index (κ1) is 35.4. The molecule has 0 aliphatic heterocycles. The van der Waals surface area contributed by atoms with Gasteiger partial charge in [0.1, 0.15) is 0 Å². The quantitative estimate of drug-likeness (QED) is 0.477. The van der Waals surface area contributed by atoms with Crippen LogP contribution in [0.2, 0.25) is 0 Å². The zero-order valence-corrected chi connectivity index (χ0v) is 7.31. The average molecular weight is 204 g/mol. The van der Waals surface area contributed by atoms with Crippen molar-refractivity contribution in [1.29, 1.82) is 0 Å². The second kappa shape index (κ2) is 19.2. The normalized spacial score (nSPS) is 0. The SMILES string of the molecule is [N].[Ti].[V].[Zr]. The Morgan fingerprint density at radius 3 is 1.00 bits per heavy atom. The topological polar surface area (TPSA) is 30.5 Å². The van der Waals surface area contributed by atoms with Gasteiger partial charge in [-0.2, -0.15) is 0 Å². The Hall–Kier alpha value is 2.14. The van der Waals surface area contributed by atoms with E-state index >= 15 is 0 Å². The van der Waals surface area contributed by atoms with E-state index in [0.29, 0.717) is 0 Å². The third kappa shape index (κ3) is 8.91. The van der Waals surface area contributed by atoms with Crippen LogP contribution in [0.15, 0.2) is 0 Å². The zero-order chi connectivity index (χ0) is 0. The molecule has 0 aliphatic rings. The van der Waals surface area contributed by atoms with Crippen LogP contribution in [0, 0.1) is 0 Å². The van der Waals surface area contributed by atoms with Gasteiger partial charge < -0.3 is 0 Å². The smallest absolute Gasteiger partial charge is 0 e. The molecule has 0 atom stereocenters. The van der Waals surface area contributed by atoms with Crippen LogP contribution in [0.5, 0.6) is 0 Å². The predicted octanol–water partition coefficient (Wildman–Crippen LogP) is -0.488. The monoisotopic (exact) mass is 203 g/mol. The van der Waals surface area contributed by atoms with Crippen molar-refractivity contribution < 1.29 is 66.5 Å². The van der Waals surface area contributed by atoms with Crippen LogP contribution >= 0.6 is 0 Å². The molecule has 18 valence electrons. The summed E-state index contributed by atoms with van der Waals surface area (Å²) in [4.78, 5) is 0. The van der Waals surface area contributed by atoms with E-state index < -0.39 is 0 Å². The largest absolute Gasteiger partial charge is 0 e. The molecule has 1 nitrogen and oxygen atoms in total. The summed E-state index contributed by atoms with van der Waals surface area (Å²) in [5.41, 5.74) is 0. The maximum Gasteiger partial charge on any atom is 0 e. The first-order valence-electron chi connectivity index (χ1n) is 0. The second-order valence-electron chi connectivity index (χ2n) is 0. The average Bonchev–Trinajstić information content (AvgIpc) is 0. The fraction of sp³-hybridized carbons (Fsp3) is 0. The summed E-state index contributed by atoms with van der Waals surface area (Å²) in [6.45, 7) is 0. The molecule has 0 amide bonds. The van der Waals surface area contributed by atoms with Crippen LogP contribution in [-0.4, -0.2) is 0 Å².